The zero-order valence-corrected chi connectivity index (χ0v) is 8.61. The highest BCUT2D eigenvalue weighted by Gasteiger charge is 2.12. The maximum absolute atomic E-state index is 5.92. The summed E-state index contributed by atoms with van der Waals surface area (Å²) >= 11 is 7.34. The summed E-state index contributed by atoms with van der Waals surface area (Å²) < 4.78 is 4.97. The molecule has 0 saturated heterocycles. The molecule has 68 valence electrons. The average molecular weight is 216 g/mol. The number of fused-ring (bicyclic) bond motifs is 1. The van der Waals surface area contributed by atoms with Crippen LogP contribution in [0.1, 0.15) is 5.69 Å². The Labute approximate surface area is 83.7 Å². The Morgan fingerprint density at radius 3 is 2.85 bits per heavy atom. The quantitative estimate of drug-likeness (QED) is 0.415. The summed E-state index contributed by atoms with van der Waals surface area (Å²) in [5.41, 5.74) is 1.16. The van der Waals surface area contributed by atoms with E-state index in [-0.39, 0.29) is 0 Å². The topological polar surface area (TPSA) is 51.8 Å². The van der Waals surface area contributed by atoms with E-state index < -0.39 is 0 Å². The van der Waals surface area contributed by atoms with E-state index in [0.717, 1.165) is 0 Å². The lowest BCUT2D eigenvalue weighted by molar-refractivity contribution is 0.440. The largest absolute Gasteiger partial charge is 0.335 e. The molecule has 0 radical (unpaired) electrons. The number of halogens is 1. The van der Waals surface area contributed by atoms with Crippen molar-refractivity contribution in [2.45, 2.75) is 12.1 Å². The van der Waals surface area contributed by atoms with Gasteiger partial charge in [-0.1, -0.05) is 28.5 Å². The van der Waals surface area contributed by atoms with Gasteiger partial charge >= 0.3 is 0 Å². The summed E-state index contributed by atoms with van der Waals surface area (Å²) in [6.07, 6.45) is 1.88. The van der Waals surface area contributed by atoms with E-state index >= 15 is 0 Å². The van der Waals surface area contributed by atoms with E-state index in [2.05, 4.69) is 15.1 Å². The molecule has 2 rings (SSSR count). The molecule has 2 aromatic heterocycles. The molecule has 6 heteroatoms. The maximum Gasteiger partial charge on any atom is 0.263 e. The molecule has 0 fully saturated rings. The van der Waals surface area contributed by atoms with Crippen molar-refractivity contribution < 1.29 is 4.52 Å². The standard InChI is InChI=1S/C7H6ClN3OS/c1-3-4-5(8)9-7(13-2)10-6(4)12-11-3/h1-2H3. The Hall–Kier alpha value is -0.810. The lowest BCUT2D eigenvalue weighted by Gasteiger charge is -1.95. The van der Waals surface area contributed by atoms with Gasteiger partial charge in [-0.2, -0.15) is 4.98 Å². The molecular weight excluding hydrogens is 210 g/mol. The molecule has 0 aromatic carbocycles. The fraction of sp³-hybridized carbons (Fsp3) is 0.286. The second-order valence-corrected chi connectivity index (χ2v) is 3.58. The lowest BCUT2D eigenvalue weighted by Crippen LogP contribution is -1.87. The molecule has 0 atom stereocenters. The first kappa shape index (κ1) is 8.77. The van der Waals surface area contributed by atoms with Crippen molar-refractivity contribution in [3.63, 3.8) is 0 Å². The normalized spacial score (nSPS) is 11.0. The molecule has 13 heavy (non-hydrogen) atoms. The highest BCUT2D eigenvalue weighted by molar-refractivity contribution is 7.98. The Bertz CT molecular complexity index is 456. The molecule has 4 nitrogen and oxygen atoms in total. The van der Waals surface area contributed by atoms with Crippen LogP contribution in [0.5, 0.6) is 0 Å². The van der Waals surface area contributed by atoms with Gasteiger partial charge < -0.3 is 4.52 Å². The van der Waals surface area contributed by atoms with Crippen LogP contribution in [-0.2, 0) is 0 Å². The lowest BCUT2D eigenvalue weighted by atomic mass is 10.3. The molecule has 0 saturated carbocycles. The first-order valence-electron chi connectivity index (χ1n) is 3.56. The number of rotatable bonds is 1. The minimum absolute atomic E-state index is 0.396. The van der Waals surface area contributed by atoms with Gasteiger partial charge in [0.1, 0.15) is 10.5 Å². The summed E-state index contributed by atoms with van der Waals surface area (Å²) in [5, 5.41) is 5.44. The number of hydrogen-bond acceptors (Lipinski definition) is 5. The first-order chi connectivity index (χ1) is 6.22. The predicted molar refractivity (Wildman–Crippen MR) is 51.1 cm³/mol. The zero-order chi connectivity index (χ0) is 9.42. The molecule has 0 spiro atoms. The number of nitrogens with zero attached hydrogens (tertiary/aromatic N) is 3. The van der Waals surface area contributed by atoms with Gasteiger partial charge in [0.05, 0.1) is 5.69 Å². The monoisotopic (exact) mass is 215 g/mol. The van der Waals surface area contributed by atoms with E-state index in [1.807, 2.05) is 6.26 Å². The molecular formula is C7H6ClN3OS. The van der Waals surface area contributed by atoms with Gasteiger partial charge in [-0.25, -0.2) is 4.98 Å². The second kappa shape index (κ2) is 3.16. The molecule has 2 aromatic rings. The summed E-state index contributed by atoms with van der Waals surface area (Å²) in [4.78, 5) is 8.18. The minimum Gasteiger partial charge on any atom is -0.335 e. The molecule has 0 aliphatic heterocycles. The van der Waals surface area contributed by atoms with Gasteiger partial charge in [-0.3, -0.25) is 0 Å². The summed E-state index contributed by atoms with van der Waals surface area (Å²) in [5.74, 6) is 0. The first-order valence-corrected chi connectivity index (χ1v) is 5.16. The van der Waals surface area contributed by atoms with E-state index in [1.165, 1.54) is 11.8 Å². The highest BCUT2D eigenvalue weighted by Crippen LogP contribution is 2.25. The Morgan fingerprint density at radius 1 is 1.38 bits per heavy atom. The zero-order valence-electron chi connectivity index (χ0n) is 7.04. The molecule has 2 heterocycles. The average Bonchev–Trinajstić information content (AvgIpc) is 2.48. The summed E-state index contributed by atoms with van der Waals surface area (Å²) in [6, 6.07) is 0. The van der Waals surface area contributed by atoms with Crippen molar-refractivity contribution in [2.24, 2.45) is 0 Å². The molecule has 0 aliphatic rings. The Kier molecular flexibility index (Phi) is 2.13. The summed E-state index contributed by atoms with van der Waals surface area (Å²) in [6.45, 7) is 1.81. The Balaban J connectivity index is 2.79. The second-order valence-electron chi connectivity index (χ2n) is 2.45. The Morgan fingerprint density at radius 2 is 2.15 bits per heavy atom. The van der Waals surface area contributed by atoms with Crippen LogP contribution in [0, 0.1) is 6.92 Å². The van der Waals surface area contributed by atoms with Crippen molar-refractivity contribution in [1.29, 1.82) is 0 Å². The highest BCUT2D eigenvalue weighted by atomic mass is 35.5. The van der Waals surface area contributed by atoms with Crippen molar-refractivity contribution >= 4 is 34.5 Å². The fourth-order valence-corrected chi connectivity index (χ4v) is 1.72. The van der Waals surface area contributed by atoms with Crippen LogP contribution in [0.15, 0.2) is 9.68 Å². The van der Waals surface area contributed by atoms with Crippen molar-refractivity contribution in [1.82, 2.24) is 15.1 Å². The fourth-order valence-electron chi connectivity index (χ4n) is 1.01. The van der Waals surface area contributed by atoms with E-state index in [9.17, 15) is 0 Å². The van der Waals surface area contributed by atoms with Crippen LogP contribution in [-0.4, -0.2) is 21.4 Å². The van der Waals surface area contributed by atoms with Crippen LogP contribution in [0.3, 0.4) is 0 Å². The molecule has 0 aliphatic carbocycles. The minimum atomic E-state index is 0.396. The van der Waals surface area contributed by atoms with Crippen LogP contribution in [0.25, 0.3) is 11.1 Å². The third-order valence-corrected chi connectivity index (χ3v) is 2.45. The third kappa shape index (κ3) is 1.38. The van der Waals surface area contributed by atoms with Gasteiger partial charge in [-0.05, 0) is 13.2 Å². The van der Waals surface area contributed by atoms with E-state index in [1.54, 1.807) is 6.92 Å². The van der Waals surface area contributed by atoms with Crippen LogP contribution < -0.4 is 0 Å². The number of thioether (sulfide) groups is 1. The van der Waals surface area contributed by atoms with Crippen molar-refractivity contribution in [3.05, 3.63) is 10.8 Å². The number of aromatic nitrogens is 3. The molecule has 0 unspecified atom stereocenters. The van der Waals surface area contributed by atoms with Crippen molar-refractivity contribution in [3.8, 4) is 0 Å². The van der Waals surface area contributed by atoms with E-state index in [0.29, 0.717) is 27.1 Å². The molecule has 0 amide bonds. The molecule has 0 N–H and O–H groups in total. The van der Waals surface area contributed by atoms with Crippen LogP contribution in [0.2, 0.25) is 5.15 Å². The van der Waals surface area contributed by atoms with Crippen LogP contribution in [0.4, 0.5) is 0 Å². The van der Waals surface area contributed by atoms with Gasteiger partial charge in [0.15, 0.2) is 5.16 Å². The van der Waals surface area contributed by atoms with Gasteiger partial charge in [0.25, 0.3) is 5.71 Å². The molecule has 0 bridgehead atoms. The number of aryl methyl sites for hydroxylation is 1. The van der Waals surface area contributed by atoms with Gasteiger partial charge in [-0.15, -0.1) is 0 Å². The van der Waals surface area contributed by atoms with Gasteiger partial charge in [0, 0.05) is 0 Å². The predicted octanol–water partition coefficient (Wildman–Crippen LogP) is 2.30. The van der Waals surface area contributed by atoms with Crippen molar-refractivity contribution in [2.75, 3.05) is 6.26 Å². The SMILES string of the molecule is CSc1nc(Cl)c2c(C)noc2n1. The van der Waals surface area contributed by atoms with Gasteiger partial charge in [0.2, 0.25) is 0 Å². The smallest absolute Gasteiger partial charge is 0.263 e. The number of hydrogen-bond donors (Lipinski definition) is 0. The van der Waals surface area contributed by atoms with Crippen LogP contribution >= 0.6 is 23.4 Å². The maximum atomic E-state index is 5.92. The van der Waals surface area contributed by atoms with E-state index in [4.69, 9.17) is 16.1 Å². The third-order valence-electron chi connectivity index (χ3n) is 1.62. The summed E-state index contributed by atoms with van der Waals surface area (Å²) in [7, 11) is 0.